The van der Waals surface area contributed by atoms with Crippen LogP contribution in [-0.2, 0) is 7.05 Å². The third-order valence-corrected chi connectivity index (χ3v) is 3.07. The summed E-state index contributed by atoms with van der Waals surface area (Å²) in [4.78, 5) is 11.9. The molecule has 0 bridgehead atoms. The number of aryl methyl sites for hydroxylation is 1. The summed E-state index contributed by atoms with van der Waals surface area (Å²) in [7, 11) is 1.79. The van der Waals surface area contributed by atoms with Crippen molar-refractivity contribution in [1.29, 1.82) is 0 Å². The highest BCUT2D eigenvalue weighted by molar-refractivity contribution is 9.10. The summed E-state index contributed by atoms with van der Waals surface area (Å²) in [5, 5.41) is 13.4. The van der Waals surface area contributed by atoms with Gasteiger partial charge >= 0.3 is 0 Å². The van der Waals surface area contributed by atoms with E-state index in [1.165, 1.54) is 18.2 Å². The normalized spacial score (nSPS) is 11.0. The molecule has 1 aromatic heterocycles. The number of nitrogens with zero attached hydrogens (tertiary/aromatic N) is 2. The van der Waals surface area contributed by atoms with E-state index in [4.69, 9.17) is 0 Å². The van der Waals surface area contributed by atoms with Gasteiger partial charge in [0, 0.05) is 12.6 Å². The number of aromatic nitrogens is 2. The van der Waals surface area contributed by atoms with E-state index in [-0.39, 0.29) is 11.5 Å². The summed E-state index contributed by atoms with van der Waals surface area (Å²) in [6.07, 6.45) is 4.80. The number of rotatable bonds is 3. The molecule has 0 unspecified atom stereocenters. The Morgan fingerprint density at radius 2 is 2.28 bits per heavy atom. The Labute approximate surface area is 113 Å². The summed E-state index contributed by atoms with van der Waals surface area (Å²) >= 11 is 3.35. The fourth-order valence-corrected chi connectivity index (χ4v) is 2.00. The smallest absolute Gasteiger partial charge is 0.186 e. The molecule has 2 rings (SSSR count). The predicted octanol–water partition coefficient (Wildman–Crippen LogP) is 2.78. The second-order valence-electron chi connectivity index (χ2n) is 3.75. The topological polar surface area (TPSA) is 55.1 Å². The number of phenols is 1. The SMILES string of the molecule is Cn1ncc(Br)c1/C=C/C(=O)c1cccc(O)c1. The van der Waals surface area contributed by atoms with Gasteiger partial charge in [0.25, 0.3) is 0 Å². The monoisotopic (exact) mass is 306 g/mol. The van der Waals surface area contributed by atoms with E-state index < -0.39 is 0 Å². The van der Waals surface area contributed by atoms with Crippen molar-refractivity contribution >= 4 is 27.8 Å². The van der Waals surface area contributed by atoms with Crippen LogP contribution in [0.15, 0.2) is 41.0 Å². The van der Waals surface area contributed by atoms with Gasteiger partial charge in [-0.05, 0) is 40.2 Å². The minimum Gasteiger partial charge on any atom is -0.508 e. The fourth-order valence-electron chi connectivity index (χ4n) is 1.52. The first-order valence-corrected chi connectivity index (χ1v) is 6.06. The molecular formula is C13H11BrN2O2. The van der Waals surface area contributed by atoms with Gasteiger partial charge in [-0.1, -0.05) is 12.1 Å². The molecule has 2 aromatic rings. The minimum atomic E-state index is -0.168. The lowest BCUT2D eigenvalue weighted by Gasteiger charge is -1.98. The Morgan fingerprint density at radius 3 is 2.89 bits per heavy atom. The highest BCUT2D eigenvalue weighted by Crippen LogP contribution is 2.17. The molecule has 0 atom stereocenters. The first-order valence-electron chi connectivity index (χ1n) is 5.27. The number of hydrogen-bond donors (Lipinski definition) is 1. The Balaban J connectivity index is 2.22. The molecule has 1 aromatic carbocycles. The minimum absolute atomic E-state index is 0.0796. The predicted molar refractivity (Wildman–Crippen MR) is 72.4 cm³/mol. The van der Waals surface area contributed by atoms with Crippen molar-refractivity contribution in [3.8, 4) is 5.75 Å². The van der Waals surface area contributed by atoms with Gasteiger partial charge in [0.1, 0.15) is 5.75 Å². The average Bonchev–Trinajstić information content (AvgIpc) is 2.66. The zero-order valence-corrected chi connectivity index (χ0v) is 11.3. The zero-order valence-electron chi connectivity index (χ0n) is 9.67. The van der Waals surface area contributed by atoms with Crippen molar-refractivity contribution in [2.45, 2.75) is 0 Å². The molecule has 0 amide bonds. The van der Waals surface area contributed by atoms with E-state index >= 15 is 0 Å². The number of carbonyl (C=O) groups is 1. The molecule has 0 saturated heterocycles. The number of carbonyl (C=O) groups excluding carboxylic acids is 1. The number of allylic oxidation sites excluding steroid dienone is 1. The summed E-state index contributed by atoms with van der Waals surface area (Å²) in [5.41, 5.74) is 1.26. The van der Waals surface area contributed by atoms with Crippen LogP contribution in [0.4, 0.5) is 0 Å². The molecule has 0 spiro atoms. The molecule has 0 fully saturated rings. The molecule has 92 valence electrons. The van der Waals surface area contributed by atoms with E-state index in [0.29, 0.717) is 5.56 Å². The first kappa shape index (κ1) is 12.6. The number of aromatic hydroxyl groups is 1. The van der Waals surface area contributed by atoms with E-state index in [1.54, 1.807) is 36.1 Å². The zero-order chi connectivity index (χ0) is 13.1. The third kappa shape index (κ3) is 2.68. The van der Waals surface area contributed by atoms with Crippen LogP contribution in [0.25, 0.3) is 6.08 Å². The van der Waals surface area contributed by atoms with Crippen LogP contribution < -0.4 is 0 Å². The molecule has 1 N–H and O–H groups in total. The number of hydrogen-bond acceptors (Lipinski definition) is 3. The first-order chi connectivity index (χ1) is 8.58. The van der Waals surface area contributed by atoms with Crippen LogP contribution in [-0.4, -0.2) is 20.7 Å². The van der Waals surface area contributed by atoms with E-state index in [2.05, 4.69) is 21.0 Å². The van der Waals surface area contributed by atoms with Gasteiger partial charge in [-0.15, -0.1) is 0 Å². The number of halogens is 1. The maximum Gasteiger partial charge on any atom is 0.186 e. The van der Waals surface area contributed by atoms with Crippen LogP contribution in [0.5, 0.6) is 5.75 Å². The van der Waals surface area contributed by atoms with Crippen LogP contribution in [0.2, 0.25) is 0 Å². The summed E-state index contributed by atoms with van der Waals surface area (Å²) < 4.78 is 2.49. The van der Waals surface area contributed by atoms with Gasteiger partial charge < -0.3 is 5.11 Å². The van der Waals surface area contributed by atoms with Crippen LogP contribution in [0.3, 0.4) is 0 Å². The highest BCUT2D eigenvalue weighted by atomic mass is 79.9. The highest BCUT2D eigenvalue weighted by Gasteiger charge is 2.05. The standard InChI is InChI=1S/C13H11BrN2O2/c1-16-12(11(14)8-15-16)5-6-13(18)9-3-2-4-10(17)7-9/h2-8,17H,1H3/b6-5+. The maximum atomic E-state index is 11.9. The molecule has 0 aliphatic heterocycles. The Kier molecular flexibility index (Phi) is 3.62. The summed E-state index contributed by atoms with van der Waals surface area (Å²) in [5.74, 6) is -0.0880. The Bertz CT molecular complexity index is 598. The van der Waals surface area contributed by atoms with E-state index in [0.717, 1.165) is 10.2 Å². The van der Waals surface area contributed by atoms with Crippen LogP contribution in [0, 0.1) is 0 Å². The molecule has 18 heavy (non-hydrogen) atoms. The summed E-state index contributed by atoms with van der Waals surface area (Å²) in [6.45, 7) is 0. The summed E-state index contributed by atoms with van der Waals surface area (Å²) in [6, 6.07) is 6.25. The van der Waals surface area contributed by atoms with Gasteiger partial charge in [-0.2, -0.15) is 5.10 Å². The third-order valence-electron chi connectivity index (χ3n) is 2.46. The largest absolute Gasteiger partial charge is 0.508 e. The molecule has 4 nitrogen and oxygen atoms in total. The lowest BCUT2D eigenvalue weighted by Crippen LogP contribution is -1.96. The maximum absolute atomic E-state index is 11.9. The van der Waals surface area contributed by atoms with Crippen molar-refractivity contribution in [1.82, 2.24) is 9.78 Å². The molecule has 5 heteroatoms. The molecule has 0 saturated carbocycles. The van der Waals surface area contributed by atoms with Crippen LogP contribution in [0.1, 0.15) is 16.1 Å². The van der Waals surface area contributed by atoms with Gasteiger partial charge in [-0.3, -0.25) is 9.48 Å². The number of phenolic OH excluding ortho intramolecular Hbond substituents is 1. The second-order valence-corrected chi connectivity index (χ2v) is 4.60. The van der Waals surface area contributed by atoms with Gasteiger partial charge in [-0.25, -0.2) is 0 Å². The van der Waals surface area contributed by atoms with Crippen molar-refractivity contribution in [2.24, 2.45) is 7.05 Å². The lowest BCUT2D eigenvalue weighted by atomic mass is 10.1. The van der Waals surface area contributed by atoms with Crippen LogP contribution >= 0.6 is 15.9 Å². The lowest BCUT2D eigenvalue weighted by molar-refractivity contribution is 0.104. The van der Waals surface area contributed by atoms with Crippen molar-refractivity contribution in [2.75, 3.05) is 0 Å². The van der Waals surface area contributed by atoms with Crippen molar-refractivity contribution < 1.29 is 9.90 Å². The molecule has 0 aliphatic rings. The molecule has 0 radical (unpaired) electrons. The van der Waals surface area contributed by atoms with E-state index in [9.17, 15) is 9.90 Å². The van der Waals surface area contributed by atoms with Gasteiger partial charge in [0.2, 0.25) is 0 Å². The number of benzene rings is 1. The Morgan fingerprint density at radius 1 is 1.50 bits per heavy atom. The molecular weight excluding hydrogens is 296 g/mol. The van der Waals surface area contributed by atoms with Crippen molar-refractivity contribution in [3.05, 3.63) is 52.3 Å². The second kappa shape index (κ2) is 5.18. The molecule has 0 aliphatic carbocycles. The van der Waals surface area contributed by atoms with Crippen molar-refractivity contribution in [3.63, 3.8) is 0 Å². The van der Waals surface area contributed by atoms with Gasteiger partial charge in [0.15, 0.2) is 5.78 Å². The quantitative estimate of drug-likeness (QED) is 0.701. The number of ketones is 1. The Hall–Kier alpha value is -1.88. The van der Waals surface area contributed by atoms with Gasteiger partial charge in [0.05, 0.1) is 16.4 Å². The fraction of sp³-hybridized carbons (Fsp3) is 0.0769. The van der Waals surface area contributed by atoms with E-state index in [1.807, 2.05) is 0 Å². The molecule has 1 heterocycles. The average molecular weight is 307 g/mol.